The highest BCUT2D eigenvalue weighted by Gasteiger charge is 2.28. The monoisotopic (exact) mass is 377 g/mol. The van der Waals surface area contributed by atoms with E-state index in [0.717, 1.165) is 10.4 Å². The number of halogens is 1. The summed E-state index contributed by atoms with van der Waals surface area (Å²) >= 11 is 7.48. The Morgan fingerprint density at radius 1 is 1.28 bits per heavy atom. The van der Waals surface area contributed by atoms with E-state index in [1.54, 1.807) is 6.08 Å². The number of hydrogen-bond acceptors (Lipinski definition) is 4. The van der Waals surface area contributed by atoms with Gasteiger partial charge >= 0.3 is 6.03 Å². The molecule has 2 rings (SSSR count). The Balaban J connectivity index is 2.33. The van der Waals surface area contributed by atoms with E-state index in [1.165, 1.54) is 18.4 Å². The summed E-state index contributed by atoms with van der Waals surface area (Å²) in [4.78, 5) is 27.3. The molecule has 2 N–H and O–H groups in total. The topological polar surface area (TPSA) is 61.4 Å². The minimum Gasteiger partial charge on any atom is -0.341 e. The van der Waals surface area contributed by atoms with Crippen molar-refractivity contribution in [1.82, 2.24) is 15.5 Å². The van der Waals surface area contributed by atoms with Crippen molar-refractivity contribution < 1.29 is 9.59 Å². The lowest BCUT2D eigenvalue weighted by Gasteiger charge is -2.29. The van der Waals surface area contributed by atoms with Crippen LogP contribution in [0.4, 0.5) is 4.79 Å². The Bertz CT molecular complexity index is 733. The molecule has 0 aliphatic heterocycles. The van der Waals surface area contributed by atoms with Crippen LogP contribution in [0.15, 0.2) is 55.1 Å². The van der Waals surface area contributed by atoms with Gasteiger partial charge in [-0.3, -0.25) is 15.0 Å². The molecule has 0 aliphatic carbocycles. The molecule has 0 aliphatic rings. The van der Waals surface area contributed by atoms with Gasteiger partial charge in [0.2, 0.25) is 5.91 Å². The third kappa shape index (κ3) is 5.42. The Kier molecular flexibility index (Phi) is 7.18. The van der Waals surface area contributed by atoms with Gasteiger partial charge in [0.25, 0.3) is 0 Å². The number of carbonyl (C=O) groups is 2. The lowest BCUT2D eigenvalue weighted by atomic mass is 10.0. The zero-order valence-electron chi connectivity index (χ0n) is 13.9. The zero-order valence-corrected chi connectivity index (χ0v) is 15.4. The molecule has 0 spiro atoms. The maximum absolute atomic E-state index is 12.8. The molecule has 0 unspecified atom stereocenters. The van der Waals surface area contributed by atoms with Crippen LogP contribution in [0.1, 0.15) is 16.5 Å². The highest BCUT2D eigenvalue weighted by Crippen LogP contribution is 2.27. The molecule has 0 radical (unpaired) electrons. The molecule has 7 heteroatoms. The standard InChI is InChI=1S/C18H20ClN3O2S/c1-3-11-22(12-14-9-10-15(19)25-14)16(13-7-5-4-6-8-13)17(23)21-18(24)20-2/h3-10,16H,1,11-12H2,2H3,(H2,20,21,23,24)/t16-/m0/s1. The van der Waals surface area contributed by atoms with Crippen LogP contribution in [0, 0.1) is 0 Å². The average molecular weight is 378 g/mol. The predicted molar refractivity (Wildman–Crippen MR) is 102 cm³/mol. The second kappa shape index (κ2) is 9.36. The molecule has 1 atom stereocenters. The molecule has 3 amide bonds. The predicted octanol–water partition coefficient (Wildman–Crippen LogP) is 3.59. The van der Waals surface area contributed by atoms with E-state index < -0.39 is 18.0 Å². The van der Waals surface area contributed by atoms with E-state index in [0.29, 0.717) is 17.4 Å². The number of benzene rings is 1. The second-order valence-corrected chi connectivity index (χ2v) is 7.11. The van der Waals surface area contributed by atoms with Gasteiger partial charge in [0, 0.05) is 25.0 Å². The summed E-state index contributed by atoms with van der Waals surface area (Å²) in [6, 6.07) is 11.9. The van der Waals surface area contributed by atoms with Gasteiger partial charge in [-0.1, -0.05) is 48.0 Å². The van der Waals surface area contributed by atoms with Gasteiger partial charge in [0.1, 0.15) is 6.04 Å². The number of imide groups is 1. The lowest BCUT2D eigenvalue weighted by Crippen LogP contribution is -2.45. The third-order valence-corrected chi connectivity index (χ3v) is 4.76. The van der Waals surface area contributed by atoms with Crippen molar-refractivity contribution in [3.63, 3.8) is 0 Å². The van der Waals surface area contributed by atoms with Crippen LogP contribution < -0.4 is 10.6 Å². The summed E-state index contributed by atoms with van der Waals surface area (Å²) < 4.78 is 0.694. The van der Waals surface area contributed by atoms with E-state index in [4.69, 9.17) is 11.6 Å². The SMILES string of the molecule is C=CCN(Cc1ccc(Cl)s1)[C@H](C(=O)NC(=O)NC)c1ccccc1. The van der Waals surface area contributed by atoms with E-state index in [1.807, 2.05) is 47.4 Å². The van der Waals surface area contributed by atoms with Crippen molar-refractivity contribution in [2.24, 2.45) is 0 Å². The van der Waals surface area contributed by atoms with Crippen LogP contribution in [0.25, 0.3) is 0 Å². The molecule has 132 valence electrons. The second-order valence-electron chi connectivity index (χ2n) is 5.31. The third-order valence-electron chi connectivity index (χ3n) is 3.54. The van der Waals surface area contributed by atoms with Gasteiger partial charge in [-0.05, 0) is 17.7 Å². The van der Waals surface area contributed by atoms with E-state index in [2.05, 4.69) is 17.2 Å². The van der Waals surface area contributed by atoms with Crippen LogP contribution in [-0.4, -0.2) is 30.4 Å². The molecular weight excluding hydrogens is 358 g/mol. The van der Waals surface area contributed by atoms with Crippen molar-refractivity contribution in [2.45, 2.75) is 12.6 Å². The van der Waals surface area contributed by atoms with Gasteiger partial charge in [-0.2, -0.15) is 0 Å². The first-order valence-electron chi connectivity index (χ1n) is 7.71. The first kappa shape index (κ1) is 19.2. The van der Waals surface area contributed by atoms with Crippen LogP contribution in [0.3, 0.4) is 0 Å². The molecule has 25 heavy (non-hydrogen) atoms. The molecule has 0 bridgehead atoms. The Hall–Kier alpha value is -2.15. The maximum Gasteiger partial charge on any atom is 0.321 e. The minimum atomic E-state index is -0.627. The van der Waals surface area contributed by atoms with Gasteiger partial charge in [-0.25, -0.2) is 4.79 Å². The summed E-state index contributed by atoms with van der Waals surface area (Å²) in [6.07, 6.45) is 1.73. The number of nitrogens with zero attached hydrogens (tertiary/aromatic N) is 1. The molecule has 1 aromatic heterocycles. The fourth-order valence-electron chi connectivity index (χ4n) is 2.47. The Labute approximate surface area is 156 Å². The molecule has 1 heterocycles. The number of rotatable bonds is 7. The number of hydrogen-bond donors (Lipinski definition) is 2. The number of urea groups is 1. The van der Waals surface area contributed by atoms with Crippen LogP contribution in [-0.2, 0) is 11.3 Å². The van der Waals surface area contributed by atoms with Gasteiger partial charge in [0.15, 0.2) is 0 Å². The van der Waals surface area contributed by atoms with Crippen LogP contribution in [0.5, 0.6) is 0 Å². The van der Waals surface area contributed by atoms with E-state index in [9.17, 15) is 9.59 Å². The Morgan fingerprint density at radius 3 is 2.56 bits per heavy atom. The minimum absolute atomic E-state index is 0.393. The van der Waals surface area contributed by atoms with E-state index in [-0.39, 0.29) is 0 Å². The van der Waals surface area contributed by atoms with Gasteiger partial charge in [0.05, 0.1) is 4.34 Å². The van der Waals surface area contributed by atoms with Crippen molar-refractivity contribution in [2.75, 3.05) is 13.6 Å². The summed E-state index contributed by atoms with van der Waals surface area (Å²) in [6.45, 7) is 4.78. The molecule has 0 fully saturated rings. The Morgan fingerprint density at radius 2 is 2.00 bits per heavy atom. The number of carbonyl (C=O) groups excluding carboxylic acids is 2. The first-order chi connectivity index (χ1) is 12.0. The first-order valence-corrected chi connectivity index (χ1v) is 8.91. The highest BCUT2D eigenvalue weighted by molar-refractivity contribution is 7.16. The quantitative estimate of drug-likeness (QED) is 0.725. The fourth-order valence-corrected chi connectivity index (χ4v) is 3.58. The highest BCUT2D eigenvalue weighted by atomic mass is 35.5. The summed E-state index contributed by atoms with van der Waals surface area (Å²) in [5, 5.41) is 4.77. The normalized spacial score (nSPS) is 11.8. The average Bonchev–Trinajstić information content (AvgIpc) is 3.01. The van der Waals surface area contributed by atoms with Crippen LogP contribution in [0.2, 0.25) is 4.34 Å². The van der Waals surface area contributed by atoms with E-state index >= 15 is 0 Å². The van der Waals surface area contributed by atoms with Crippen LogP contribution >= 0.6 is 22.9 Å². The molecular formula is C18H20ClN3O2S. The summed E-state index contributed by atoms with van der Waals surface area (Å²) in [5.74, 6) is -0.393. The number of nitrogens with one attached hydrogen (secondary N) is 2. The molecule has 0 saturated heterocycles. The molecule has 0 saturated carbocycles. The largest absolute Gasteiger partial charge is 0.341 e. The van der Waals surface area contributed by atoms with Crippen molar-refractivity contribution in [3.05, 3.63) is 69.9 Å². The smallest absolute Gasteiger partial charge is 0.321 e. The number of thiophene rings is 1. The van der Waals surface area contributed by atoms with Gasteiger partial charge in [-0.15, -0.1) is 17.9 Å². The van der Waals surface area contributed by atoms with Crippen molar-refractivity contribution in [1.29, 1.82) is 0 Å². The zero-order chi connectivity index (χ0) is 18.2. The van der Waals surface area contributed by atoms with Crippen molar-refractivity contribution in [3.8, 4) is 0 Å². The summed E-state index contributed by atoms with van der Waals surface area (Å²) in [7, 11) is 1.47. The molecule has 5 nitrogen and oxygen atoms in total. The fraction of sp³-hybridized carbons (Fsp3) is 0.222. The van der Waals surface area contributed by atoms with Crippen molar-refractivity contribution >= 4 is 34.9 Å². The van der Waals surface area contributed by atoms with Gasteiger partial charge < -0.3 is 5.32 Å². The molecule has 2 aromatic rings. The lowest BCUT2D eigenvalue weighted by molar-refractivity contribution is -0.125. The summed E-state index contributed by atoms with van der Waals surface area (Å²) in [5.41, 5.74) is 0.799. The number of amides is 3. The maximum atomic E-state index is 12.8. The molecule has 1 aromatic carbocycles.